The van der Waals surface area contributed by atoms with E-state index in [0.717, 1.165) is 12.8 Å². The molecule has 3 heterocycles. The highest BCUT2D eigenvalue weighted by Crippen LogP contribution is 2.22. The average Bonchev–Trinajstić information content (AvgIpc) is 3.09. The standard InChI is InChI=1S/C19H26N6O4/c1-12-9-14(10-15(20-12)17(26)27)16-21-23-25(22-16)11-13-5-7-24(8-6-13)18(28)29-19(2,3)4/h9-10,13H,5-8,11H2,1-4H3,(H,26,27). The van der Waals surface area contributed by atoms with Crippen molar-refractivity contribution in [1.82, 2.24) is 30.1 Å². The minimum Gasteiger partial charge on any atom is -0.477 e. The maximum atomic E-state index is 12.2. The Morgan fingerprint density at radius 2 is 1.93 bits per heavy atom. The molecule has 29 heavy (non-hydrogen) atoms. The monoisotopic (exact) mass is 402 g/mol. The van der Waals surface area contributed by atoms with Crippen molar-refractivity contribution in [2.75, 3.05) is 13.1 Å². The summed E-state index contributed by atoms with van der Waals surface area (Å²) >= 11 is 0. The summed E-state index contributed by atoms with van der Waals surface area (Å²) in [5.74, 6) is -0.409. The zero-order chi connectivity index (χ0) is 21.2. The number of aromatic carboxylic acids is 1. The zero-order valence-electron chi connectivity index (χ0n) is 17.1. The van der Waals surface area contributed by atoms with Crippen LogP contribution in [0.15, 0.2) is 12.1 Å². The highest BCUT2D eigenvalue weighted by Gasteiger charge is 2.27. The van der Waals surface area contributed by atoms with Crippen molar-refractivity contribution >= 4 is 12.1 Å². The van der Waals surface area contributed by atoms with E-state index < -0.39 is 11.6 Å². The molecule has 0 saturated carbocycles. The van der Waals surface area contributed by atoms with E-state index in [0.29, 0.717) is 42.6 Å². The first kappa shape index (κ1) is 20.7. The van der Waals surface area contributed by atoms with E-state index in [-0.39, 0.29) is 11.8 Å². The van der Waals surface area contributed by atoms with E-state index in [9.17, 15) is 9.59 Å². The van der Waals surface area contributed by atoms with E-state index in [1.165, 1.54) is 10.9 Å². The number of pyridine rings is 1. The van der Waals surface area contributed by atoms with Gasteiger partial charge in [0.1, 0.15) is 11.3 Å². The van der Waals surface area contributed by atoms with E-state index in [1.807, 2.05) is 20.8 Å². The lowest BCUT2D eigenvalue weighted by atomic mass is 9.97. The van der Waals surface area contributed by atoms with Crippen molar-refractivity contribution < 1.29 is 19.4 Å². The number of ether oxygens (including phenoxy) is 1. The van der Waals surface area contributed by atoms with Gasteiger partial charge in [-0.1, -0.05) is 0 Å². The van der Waals surface area contributed by atoms with Crippen LogP contribution < -0.4 is 0 Å². The molecule has 1 aliphatic rings. The zero-order valence-corrected chi connectivity index (χ0v) is 17.1. The number of rotatable bonds is 4. The van der Waals surface area contributed by atoms with Gasteiger partial charge in [-0.25, -0.2) is 14.6 Å². The number of piperidine rings is 1. The molecular formula is C19H26N6O4. The average molecular weight is 402 g/mol. The van der Waals surface area contributed by atoms with Gasteiger partial charge in [0.2, 0.25) is 5.82 Å². The number of carboxylic acids is 1. The molecule has 1 saturated heterocycles. The summed E-state index contributed by atoms with van der Waals surface area (Å²) in [6, 6.07) is 3.17. The maximum absolute atomic E-state index is 12.2. The Balaban J connectivity index is 1.59. The number of tetrazole rings is 1. The quantitative estimate of drug-likeness (QED) is 0.827. The molecule has 10 nitrogen and oxygen atoms in total. The van der Waals surface area contributed by atoms with Crippen molar-refractivity contribution in [3.8, 4) is 11.4 Å². The normalized spacial score (nSPS) is 15.4. The van der Waals surface area contributed by atoms with Gasteiger partial charge in [-0.2, -0.15) is 4.80 Å². The predicted octanol–water partition coefficient (Wildman–Crippen LogP) is 2.39. The lowest BCUT2D eigenvalue weighted by Crippen LogP contribution is -2.42. The lowest BCUT2D eigenvalue weighted by Gasteiger charge is -2.33. The Morgan fingerprint density at radius 3 is 2.55 bits per heavy atom. The van der Waals surface area contributed by atoms with Crippen LogP contribution >= 0.6 is 0 Å². The topological polar surface area (TPSA) is 123 Å². The SMILES string of the molecule is Cc1cc(-c2nnn(CC3CCN(C(=O)OC(C)(C)C)CC3)n2)cc(C(=O)O)n1. The van der Waals surface area contributed by atoms with Crippen molar-refractivity contribution in [1.29, 1.82) is 0 Å². The second-order valence-corrected chi connectivity index (χ2v) is 8.27. The summed E-state index contributed by atoms with van der Waals surface area (Å²) in [7, 11) is 0. The van der Waals surface area contributed by atoms with E-state index in [4.69, 9.17) is 9.84 Å². The Bertz CT molecular complexity index is 896. The fourth-order valence-electron chi connectivity index (χ4n) is 3.20. The number of aromatic nitrogens is 5. The Kier molecular flexibility index (Phi) is 5.81. The number of aryl methyl sites for hydroxylation is 1. The highest BCUT2D eigenvalue weighted by molar-refractivity contribution is 5.86. The fourth-order valence-corrected chi connectivity index (χ4v) is 3.20. The predicted molar refractivity (Wildman–Crippen MR) is 103 cm³/mol. The summed E-state index contributed by atoms with van der Waals surface area (Å²) in [5.41, 5.74) is 0.596. The van der Waals surface area contributed by atoms with Gasteiger partial charge in [-0.3, -0.25) is 0 Å². The van der Waals surface area contributed by atoms with Gasteiger partial charge >= 0.3 is 12.1 Å². The molecule has 2 aromatic heterocycles. The van der Waals surface area contributed by atoms with Crippen LogP contribution in [0.2, 0.25) is 0 Å². The summed E-state index contributed by atoms with van der Waals surface area (Å²) in [6.45, 7) is 9.14. The molecule has 1 aliphatic heterocycles. The summed E-state index contributed by atoms with van der Waals surface area (Å²) in [4.78, 5) is 30.6. The highest BCUT2D eigenvalue weighted by atomic mass is 16.6. The van der Waals surface area contributed by atoms with Gasteiger partial charge in [-0.15, -0.1) is 10.2 Å². The van der Waals surface area contributed by atoms with E-state index in [2.05, 4.69) is 20.4 Å². The molecule has 10 heteroatoms. The third-order valence-corrected chi connectivity index (χ3v) is 4.57. The number of likely N-dealkylation sites (tertiary alicyclic amines) is 1. The number of carboxylic acid groups (broad SMARTS) is 1. The second kappa shape index (κ2) is 8.14. The van der Waals surface area contributed by atoms with Gasteiger partial charge in [-0.05, 0) is 63.8 Å². The number of carbonyl (C=O) groups excluding carboxylic acids is 1. The molecular weight excluding hydrogens is 376 g/mol. The summed E-state index contributed by atoms with van der Waals surface area (Å²) in [5, 5.41) is 21.7. The van der Waals surface area contributed by atoms with Gasteiger partial charge < -0.3 is 14.7 Å². The Hall–Kier alpha value is -3.04. The molecule has 0 aliphatic carbocycles. The van der Waals surface area contributed by atoms with Crippen molar-refractivity contribution in [3.63, 3.8) is 0 Å². The van der Waals surface area contributed by atoms with Gasteiger partial charge in [0, 0.05) is 24.3 Å². The van der Waals surface area contributed by atoms with Crippen LogP contribution in [0.3, 0.4) is 0 Å². The second-order valence-electron chi connectivity index (χ2n) is 8.27. The van der Waals surface area contributed by atoms with Crippen LogP contribution in [-0.4, -0.2) is 66.0 Å². The summed E-state index contributed by atoms with van der Waals surface area (Å²) < 4.78 is 5.42. The van der Waals surface area contributed by atoms with Crippen LogP contribution in [0.1, 0.15) is 49.8 Å². The maximum Gasteiger partial charge on any atom is 0.410 e. The lowest BCUT2D eigenvalue weighted by molar-refractivity contribution is 0.0175. The molecule has 0 unspecified atom stereocenters. The smallest absolute Gasteiger partial charge is 0.410 e. The molecule has 1 amide bonds. The molecule has 1 fully saturated rings. The molecule has 0 radical (unpaired) electrons. The Morgan fingerprint density at radius 1 is 1.24 bits per heavy atom. The van der Waals surface area contributed by atoms with Gasteiger partial charge in [0.25, 0.3) is 0 Å². The van der Waals surface area contributed by atoms with Gasteiger partial charge in [0.15, 0.2) is 0 Å². The number of amides is 1. The molecule has 156 valence electrons. The first-order valence-electron chi connectivity index (χ1n) is 9.59. The van der Waals surface area contributed by atoms with Crippen LogP contribution in [0.25, 0.3) is 11.4 Å². The number of carbonyl (C=O) groups is 2. The van der Waals surface area contributed by atoms with E-state index in [1.54, 1.807) is 17.9 Å². The van der Waals surface area contributed by atoms with Crippen LogP contribution in [0, 0.1) is 12.8 Å². The van der Waals surface area contributed by atoms with Crippen LogP contribution in [-0.2, 0) is 11.3 Å². The van der Waals surface area contributed by atoms with Crippen LogP contribution in [0.5, 0.6) is 0 Å². The third-order valence-electron chi connectivity index (χ3n) is 4.57. The van der Waals surface area contributed by atoms with Crippen LogP contribution in [0.4, 0.5) is 4.79 Å². The van der Waals surface area contributed by atoms with Crippen molar-refractivity contribution in [3.05, 3.63) is 23.5 Å². The minimum absolute atomic E-state index is 0.0501. The molecule has 0 spiro atoms. The van der Waals surface area contributed by atoms with Gasteiger partial charge in [0.05, 0.1) is 6.54 Å². The first-order chi connectivity index (χ1) is 13.6. The molecule has 2 aromatic rings. The van der Waals surface area contributed by atoms with E-state index >= 15 is 0 Å². The minimum atomic E-state index is -1.10. The Labute approximate surface area is 168 Å². The van der Waals surface area contributed by atoms with Crippen molar-refractivity contribution in [2.45, 2.75) is 52.7 Å². The summed E-state index contributed by atoms with van der Waals surface area (Å²) in [6.07, 6.45) is 1.38. The third kappa shape index (κ3) is 5.49. The van der Waals surface area contributed by atoms with Crippen molar-refractivity contribution in [2.24, 2.45) is 5.92 Å². The fraction of sp³-hybridized carbons (Fsp3) is 0.579. The molecule has 1 N–H and O–H groups in total. The number of nitrogens with zero attached hydrogens (tertiary/aromatic N) is 6. The largest absolute Gasteiger partial charge is 0.477 e. The number of hydrogen-bond donors (Lipinski definition) is 1. The molecule has 0 atom stereocenters. The molecule has 3 rings (SSSR count). The molecule has 0 aromatic carbocycles. The first-order valence-corrected chi connectivity index (χ1v) is 9.59. The molecule has 0 bridgehead atoms. The number of hydrogen-bond acceptors (Lipinski definition) is 7.